The fourth-order valence-electron chi connectivity index (χ4n) is 1.56. The molecule has 0 aliphatic heterocycles. The van der Waals surface area contributed by atoms with Crippen molar-refractivity contribution in [3.63, 3.8) is 0 Å². The van der Waals surface area contributed by atoms with Gasteiger partial charge in [-0.05, 0) is 19.1 Å². The smallest absolute Gasteiger partial charge is 0.293 e. The minimum Gasteiger partial charge on any atom is -0.497 e. The van der Waals surface area contributed by atoms with Crippen molar-refractivity contribution in [1.82, 2.24) is 15.2 Å². The summed E-state index contributed by atoms with van der Waals surface area (Å²) in [5.74, 6) is 0.379. The van der Waals surface area contributed by atoms with Gasteiger partial charge >= 0.3 is 0 Å². The van der Waals surface area contributed by atoms with E-state index >= 15 is 0 Å². The molecule has 0 radical (unpaired) electrons. The maximum Gasteiger partial charge on any atom is 0.293 e. The van der Waals surface area contributed by atoms with Gasteiger partial charge in [-0.15, -0.1) is 5.10 Å². The van der Waals surface area contributed by atoms with E-state index in [1.165, 1.54) is 13.2 Å². The van der Waals surface area contributed by atoms with Crippen LogP contribution < -0.4 is 9.46 Å². The van der Waals surface area contributed by atoms with Gasteiger partial charge in [0, 0.05) is 0 Å². The minimum absolute atomic E-state index is 0.175. The van der Waals surface area contributed by atoms with Crippen LogP contribution in [-0.2, 0) is 10.0 Å². The Morgan fingerprint density at radius 1 is 1.43 bits per heavy atom. The second kappa shape index (κ2) is 5.36. The molecule has 0 aliphatic carbocycles. The number of ether oxygens (including phenoxy) is 1. The van der Waals surface area contributed by atoms with E-state index in [1.54, 1.807) is 6.92 Å². The molecule has 2 N–H and O–H groups in total. The van der Waals surface area contributed by atoms with Crippen LogP contribution in [0.5, 0.6) is 5.75 Å². The first-order chi connectivity index (χ1) is 9.83. The number of nitrogens with zero attached hydrogens (tertiary/aromatic N) is 3. The lowest BCUT2D eigenvalue weighted by atomic mass is 10.3. The van der Waals surface area contributed by atoms with Crippen molar-refractivity contribution in [2.75, 3.05) is 11.8 Å². The summed E-state index contributed by atoms with van der Waals surface area (Å²) in [6, 6.07) is 3.42. The summed E-state index contributed by atoms with van der Waals surface area (Å²) < 4.78 is 31.3. The van der Waals surface area contributed by atoms with E-state index in [4.69, 9.17) is 4.74 Å². The highest BCUT2D eigenvalue weighted by atomic mass is 32.2. The Labute approximate surface area is 119 Å². The lowest BCUT2D eigenvalue weighted by Crippen LogP contribution is -2.15. The third kappa shape index (κ3) is 3.08. The molecule has 2 aromatic rings. The second-order valence-corrected chi connectivity index (χ2v) is 5.59. The second-order valence-electron chi connectivity index (χ2n) is 3.94. The lowest BCUT2D eigenvalue weighted by Gasteiger charge is -2.06. The Balaban J connectivity index is 2.46. The van der Waals surface area contributed by atoms with E-state index in [2.05, 4.69) is 19.9 Å². The summed E-state index contributed by atoms with van der Waals surface area (Å²) in [4.78, 5) is 13.5. The molecule has 0 spiro atoms. The maximum absolute atomic E-state index is 12.2. The summed E-state index contributed by atoms with van der Waals surface area (Å²) >= 11 is 0. The molecule has 11 heteroatoms. The summed E-state index contributed by atoms with van der Waals surface area (Å²) in [5, 5.41) is 17.1. The van der Waals surface area contributed by atoms with Crippen LogP contribution in [0.25, 0.3) is 0 Å². The molecule has 0 aliphatic rings. The van der Waals surface area contributed by atoms with Crippen LogP contribution in [0, 0.1) is 17.0 Å². The highest BCUT2D eigenvalue weighted by Gasteiger charge is 2.27. The lowest BCUT2D eigenvalue weighted by molar-refractivity contribution is -0.387. The van der Waals surface area contributed by atoms with Gasteiger partial charge in [0.2, 0.25) is 0 Å². The zero-order valence-corrected chi connectivity index (χ0v) is 11.8. The Kier molecular flexibility index (Phi) is 3.76. The zero-order chi connectivity index (χ0) is 15.6. The van der Waals surface area contributed by atoms with Crippen LogP contribution in [0.2, 0.25) is 0 Å². The number of benzene rings is 1. The molecule has 0 unspecified atom stereocenters. The highest BCUT2D eigenvalue weighted by Crippen LogP contribution is 2.29. The van der Waals surface area contributed by atoms with E-state index in [1.807, 2.05) is 0 Å². The van der Waals surface area contributed by atoms with Crippen molar-refractivity contribution < 1.29 is 18.1 Å². The first kappa shape index (κ1) is 14.7. The number of anilines is 1. The van der Waals surface area contributed by atoms with Gasteiger partial charge in [-0.2, -0.15) is 4.98 Å². The van der Waals surface area contributed by atoms with Gasteiger partial charge in [-0.3, -0.25) is 15.2 Å². The van der Waals surface area contributed by atoms with Crippen molar-refractivity contribution in [3.8, 4) is 5.75 Å². The number of aromatic amines is 1. The van der Waals surface area contributed by atoms with Gasteiger partial charge in [-0.1, -0.05) is 0 Å². The fourth-order valence-corrected chi connectivity index (χ4v) is 2.66. The molecule has 2 rings (SSSR count). The topological polar surface area (TPSA) is 140 Å². The average Bonchev–Trinajstić information content (AvgIpc) is 2.82. The number of nitro groups is 1. The minimum atomic E-state index is -4.19. The number of methoxy groups -OCH3 is 1. The molecule has 112 valence electrons. The Morgan fingerprint density at radius 3 is 2.67 bits per heavy atom. The monoisotopic (exact) mass is 313 g/mol. The number of rotatable bonds is 5. The van der Waals surface area contributed by atoms with E-state index < -0.39 is 25.5 Å². The standard InChI is InChI=1S/C10H11N5O5S/c1-6-11-10(13-12-6)14-21(18,19)9-4-3-7(20-2)5-8(9)15(16)17/h3-5H,1-2H3,(H2,11,12,13,14). The quantitative estimate of drug-likeness (QED) is 0.615. The first-order valence-corrected chi connectivity index (χ1v) is 7.06. The molecule has 0 saturated heterocycles. The van der Waals surface area contributed by atoms with Gasteiger partial charge in [0.05, 0.1) is 18.1 Å². The third-order valence-corrected chi connectivity index (χ3v) is 3.85. The SMILES string of the molecule is COc1ccc(S(=O)(=O)Nc2n[nH]c(C)n2)c([N+](=O)[O-])c1. The normalized spacial score (nSPS) is 11.1. The van der Waals surface area contributed by atoms with Crippen molar-refractivity contribution in [1.29, 1.82) is 0 Å². The van der Waals surface area contributed by atoms with Crippen LogP contribution in [0.3, 0.4) is 0 Å². The van der Waals surface area contributed by atoms with E-state index in [0.29, 0.717) is 5.82 Å². The van der Waals surface area contributed by atoms with E-state index in [-0.39, 0.29) is 11.7 Å². The molecule has 0 saturated carbocycles. The number of aromatic nitrogens is 3. The van der Waals surface area contributed by atoms with E-state index in [0.717, 1.165) is 12.1 Å². The van der Waals surface area contributed by atoms with Crippen LogP contribution in [-0.4, -0.2) is 35.6 Å². The molecule has 0 bridgehead atoms. The largest absolute Gasteiger partial charge is 0.497 e. The summed E-state index contributed by atoms with van der Waals surface area (Å²) in [7, 11) is -2.87. The molecule has 1 aromatic heterocycles. The molecule has 0 atom stereocenters. The van der Waals surface area contributed by atoms with Crippen molar-refractivity contribution >= 4 is 21.7 Å². The maximum atomic E-state index is 12.2. The Hall–Kier alpha value is -2.69. The molecule has 0 amide bonds. The van der Waals surface area contributed by atoms with Crippen molar-refractivity contribution in [2.45, 2.75) is 11.8 Å². The predicted molar refractivity (Wildman–Crippen MR) is 71.6 cm³/mol. The number of hydrogen-bond donors (Lipinski definition) is 2. The molecule has 21 heavy (non-hydrogen) atoms. The molecule has 10 nitrogen and oxygen atoms in total. The summed E-state index contributed by atoms with van der Waals surface area (Å²) in [6.45, 7) is 1.58. The van der Waals surface area contributed by atoms with Crippen molar-refractivity contribution in [3.05, 3.63) is 34.1 Å². The Bertz CT molecular complexity index is 785. The van der Waals surface area contributed by atoms with Crippen LogP contribution in [0.1, 0.15) is 5.82 Å². The molecular formula is C10H11N5O5S. The number of H-pyrrole nitrogens is 1. The number of hydrogen-bond acceptors (Lipinski definition) is 7. The van der Waals surface area contributed by atoms with Crippen molar-refractivity contribution in [2.24, 2.45) is 0 Å². The van der Waals surface area contributed by atoms with Gasteiger partial charge < -0.3 is 4.74 Å². The van der Waals surface area contributed by atoms with Crippen LogP contribution in [0.4, 0.5) is 11.6 Å². The van der Waals surface area contributed by atoms with E-state index in [9.17, 15) is 18.5 Å². The first-order valence-electron chi connectivity index (χ1n) is 5.58. The number of nitro benzene ring substituents is 1. The summed E-state index contributed by atoms with van der Waals surface area (Å²) in [5.41, 5.74) is -0.603. The number of sulfonamides is 1. The third-order valence-electron chi connectivity index (χ3n) is 2.48. The van der Waals surface area contributed by atoms with Crippen LogP contribution >= 0.6 is 0 Å². The molecular weight excluding hydrogens is 302 g/mol. The zero-order valence-electron chi connectivity index (χ0n) is 11.0. The molecule has 1 aromatic carbocycles. The summed E-state index contributed by atoms with van der Waals surface area (Å²) in [6.07, 6.45) is 0. The molecule has 1 heterocycles. The Morgan fingerprint density at radius 2 is 2.14 bits per heavy atom. The van der Waals surface area contributed by atoms with Gasteiger partial charge in [0.1, 0.15) is 11.6 Å². The number of aryl methyl sites for hydroxylation is 1. The average molecular weight is 313 g/mol. The van der Waals surface area contributed by atoms with Crippen LogP contribution in [0.15, 0.2) is 23.1 Å². The molecule has 0 fully saturated rings. The predicted octanol–water partition coefficient (Wildman–Crippen LogP) is 0.831. The van der Waals surface area contributed by atoms with Gasteiger partial charge in [-0.25, -0.2) is 13.1 Å². The highest BCUT2D eigenvalue weighted by molar-refractivity contribution is 7.92. The number of nitrogens with one attached hydrogen (secondary N) is 2. The fraction of sp³-hybridized carbons (Fsp3) is 0.200. The van der Waals surface area contributed by atoms with Gasteiger partial charge in [0.15, 0.2) is 4.90 Å². The van der Waals surface area contributed by atoms with Gasteiger partial charge in [0.25, 0.3) is 21.7 Å².